The number of carbonyl (C=O) groups excluding carboxylic acids is 2. The zero-order valence-corrected chi connectivity index (χ0v) is 28.0. The maximum atomic E-state index is 14.6. The lowest BCUT2D eigenvalue weighted by atomic mass is 9.94. The maximum Gasteiger partial charge on any atom is 0.264 e. The Hall–Kier alpha value is -4.34. The number of nitrogens with zero attached hydrogens (tertiary/aromatic N) is 2. The van der Waals surface area contributed by atoms with Gasteiger partial charge in [-0.1, -0.05) is 97.6 Å². The smallest absolute Gasteiger partial charge is 0.264 e. The van der Waals surface area contributed by atoms with Crippen molar-refractivity contribution in [3.63, 3.8) is 0 Å². The van der Waals surface area contributed by atoms with Crippen LogP contribution in [0.4, 0.5) is 5.69 Å². The van der Waals surface area contributed by atoms with E-state index < -0.39 is 28.5 Å². The third-order valence-electron chi connectivity index (χ3n) is 8.49. The van der Waals surface area contributed by atoms with Crippen LogP contribution in [0.2, 0.25) is 5.02 Å². The second-order valence-corrected chi connectivity index (χ2v) is 14.0. The molecule has 1 aliphatic carbocycles. The molecular formula is C37H40ClN3O5S. The fraction of sp³-hybridized carbons (Fsp3) is 0.297. The van der Waals surface area contributed by atoms with Gasteiger partial charge in [-0.25, -0.2) is 8.42 Å². The fourth-order valence-corrected chi connectivity index (χ4v) is 7.54. The largest absolute Gasteiger partial charge is 0.497 e. The monoisotopic (exact) mass is 673 g/mol. The predicted molar refractivity (Wildman–Crippen MR) is 185 cm³/mol. The lowest BCUT2D eigenvalue weighted by Gasteiger charge is -2.35. The number of ether oxygens (including phenoxy) is 1. The van der Waals surface area contributed by atoms with Crippen molar-refractivity contribution in [3.8, 4) is 5.75 Å². The van der Waals surface area contributed by atoms with Gasteiger partial charge in [-0.2, -0.15) is 0 Å². The number of benzene rings is 4. The summed E-state index contributed by atoms with van der Waals surface area (Å²) in [6.07, 6.45) is 5.19. The lowest BCUT2D eigenvalue weighted by molar-refractivity contribution is -0.140. The van der Waals surface area contributed by atoms with Gasteiger partial charge in [0.1, 0.15) is 18.3 Å². The first-order valence-corrected chi connectivity index (χ1v) is 17.7. The van der Waals surface area contributed by atoms with Crippen molar-refractivity contribution >= 4 is 39.1 Å². The van der Waals surface area contributed by atoms with Gasteiger partial charge in [0.2, 0.25) is 11.8 Å². The predicted octanol–water partition coefficient (Wildman–Crippen LogP) is 6.63. The minimum Gasteiger partial charge on any atom is -0.497 e. The molecule has 0 unspecified atom stereocenters. The standard InChI is InChI=1S/C37H40ClN3O5S/c1-46-32-23-21-31(22-24-32)41(47(44,45)33-18-9-4-10-19-33)27-36(42)40(26-29-15-11-12-20-34(29)38)35(25-28-13-5-2-6-14-28)37(43)39-30-16-7-3-8-17-30/h2,4-6,9-15,18-24,30,35H,3,7-8,16-17,25-27H2,1H3,(H,39,43)/t35-/m0/s1. The number of hydrogen-bond acceptors (Lipinski definition) is 5. The summed E-state index contributed by atoms with van der Waals surface area (Å²) in [7, 11) is -2.67. The van der Waals surface area contributed by atoms with Crippen LogP contribution in [0.3, 0.4) is 0 Å². The minimum atomic E-state index is -4.19. The topological polar surface area (TPSA) is 96.0 Å². The first-order valence-electron chi connectivity index (χ1n) is 15.9. The number of methoxy groups -OCH3 is 1. The number of anilines is 1. The van der Waals surface area contributed by atoms with Crippen molar-refractivity contribution in [1.29, 1.82) is 0 Å². The Morgan fingerprint density at radius 1 is 0.851 bits per heavy atom. The summed E-state index contributed by atoms with van der Waals surface area (Å²) in [5.41, 5.74) is 1.80. The molecule has 1 N–H and O–H groups in total. The summed E-state index contributed by atoms with van der Waals surface area (Å²) in [6.45, 7) is -0.536. The molecule has 0 saturated heterocycles. The molecule has 10 heteroatoms. The molecule has 4 aromatic carbocycles. The summed E-state index contributed by atoms with van der Waals surface area (Å²) < 4.78 is 34.7. The number of carbonyl (C=O) groups is 2. The highest BCUT2D eigenvalue weighted by atomic mass is 35.5. The van der Waals surface area contributed by atoms with Gasteiger partial charge in [0.05, 0.1) is 17.7 Å². The van der Waals surface area contributed by atoms with Gasteiger partial charge < -0.3 is 15.0 Å². The highest BCUT2D eigenvalue weighted by Gasteiger charge is 2.35. The Morgan fingerprint density at radius 2 is 1.47 bits per heavy atom. The number of hydrogen-bond donors (Lipinski definition) is 1. The zero-order valence-electron chi connectivity index (χ0n) is 26.4. The van der Waals surface area contributed by atoms with Crippen molar-refractivity contribution in [1.82, 2.24) is 10.2 Å². The van der Waals surface area contributed by atoms with E-state index in [2.05, 4.69) is 5.32 Å². The van der Waals surface area contributed by atoms with Crippen LogP contribution in [0, 0.1) is 0 Å². The van der Waals surface area contributed by atoms with Gasteiger partial charge in [0.15, 0.2) is 0 Å². The summed E-state index contributed by atoms with van der Waals surface area (Å²) in [5, 5.41) is 3.66. The molecular weight excluding hydrogens is 634 g/mol. The SMILES string of the molecule is COc1ccc(N(CC(=O)N(Cc2ccccc2Cl)[C@@H](Cc2ccccc2)C(=O)NC2CCCCC2)S(=O)(=O)c2ccccc2)cc1. The lowest BCUT2D eigenvalue weighted by Crippen LogP contribution is -2.55. The molecule has 1 aliphatic rings. The Bertz CT molecular complexity index is 1730. The Kier molecular flexibility index (Phi) is 11.6. The number of sulfonamides is 1. The molecule has 1 saturated carbocycles. The normalized spacial score (nSPS) is 14.2. The Balaban J connectivity index is 1.56. The van der Waals surface area contributed by atoms with Crippen molar-refractivity contribution in [2.75, 3.05) is 18.0 Å². The van der Waals surface area contributed by atoms with Crippen molar-refractivity contribution < 1.29 is 22.7 Å². The van der Waals surface area contributed by atoms with E-state index >= 15 is 0 Å². The number of amides is 2. The first kappa shape index (κ1) is 34.0. The van der Waals surface area contributed by atoms with E-state index in [1.54, 1.807) is 54.6 Å². The van der Waals surface area contributed by atoms with E-state index in [-0.39, 0.29) is 35.5 Å². The molecule has 246 valence electrons. The van der Waals surface area contributed by atoms with Crippen LogP contribution in [0.1, 0.15) is 43.2 Å². The van der Waals surface area contributed by atoms with Gasteiger partial charge >= 0.3 is 0 Å². The van der Waals surface area contributed by atoms with E-state index in [0.29, 0.717) is 16.3 Å². The van der Waals surface area contributed by atoms with Crippen LogP contribution in [0.5, 0.6) is 5.75 Å². The molecule has 8 nitrogen and oxygen atoms in total. The fourth-order valence-electron chi connectivity index (χ4n) is 5.91. The second kappa shape index (κ2) is 16.0. The van der Waals surface area contributed by atoms with Gasteiger partial charge in [-0.3, -0.25) is 13.9 Å². The van der Waals surface area contributed by atoms with Crippen LogP contribution >= 0.6 is 11.6 Å². The zero-order chi connectivity index (χ0) is 33.2. The van der Waals surface area contributed by atoms with Crippen LogP contribution in [-0.4, -0.2) is 50.9 Å². The molecule has 1 atom stereocenters. The third kappa shape index (κ3) is 8.73. The van der Waals surface area contributed by atoms with E-state index in [4.69, 9.17) is 16.3 Å². The van der Waals surface area contributed by atoms with Crippen molar-refractivity contribution in [2.24, 2.45) is 0 Å². The van der Waals surface area contributed by atoms with Crippen molar-refractivity contribution in [2.45, 2.75) is 62.0 Å². The molecule has 1 fully saturated rings. The van der Waals surface area contributed by atoms with E-state index in [0.717, 1.165) is 42.0 Å². The Morgan fingerprint density at radius 3 is 2.11 bits per heavy atom. The minimum absolute atomic E-state index is 0.00985. The number of rotatable bonds is 13. The second-order valence-electron chi connectivity index (χ2n) is 11.7. The van der Waals surface area contributed by atoms with E-state index in [9.17, 15) is 18.0 Å². The molecule has 2 amide bonds. The van der Waals surface area contributed by atoms with Gasteiger partial charge in [0.25, 0.3) is 10.0 Å². The molecule has 0 aliphatic heterocycles. The molecule has 0 spiro atoms. The molecule has 47 heavy (non-hydrogen) atoms. The average Bonchev–Trinajstić information content (AvgIpc) is 3.10. The molecule has 0 bridgehead atoms. The summed E-state index contributed by atoms with van der Waals surface area (Å²) >= 11 is 6.60. The van der Waals surface area contributed by atoms with Gasteiger partial charge in [0, 0.05) is 24.0 Å². The Labute approximate surface area is 282 Å². The molecule has 0 heterocycles. The molecule has 4 aromatic rings. The van der Waals surface area contributed by atoms with E-state index in [1.807, 2.05) is 42.5 Å². The summed E-state index contributed by atoms with van der Waals surface area (Å²) in [5.74, 6) is -0.275. The maximum absolute atomic E-state index is 14.6. The number of nitrogens with one attached hydrogen (secondary N) is 1. The first-order chi connectivity index (χ1) is 22.8. The highest BCUT2D eigenvalue weighted by Crippen LogP contribution is 2.28. The highest BCUT2D eigenvalue weighted by molar-refractivity contribution is 7.92. The van der Waals surface area contributed by atoms with Crippen LogP contribution in [0.15, 0.2) is 114 Å². The van der Waals surface area contributed by atoms with Crippen LogP contribution in [-0.2, 0) is 32.6 Å². The molecule has 0 radical (unpaired) electrons. The number of halogens is 1. The van der Waals surface area contributed by atoms with Gasteiger partial charge in [-0.15, -0.1) is 0 Å². The summed E-state index contributed by atoms with van der Waals surface area (Å²) in [6, 6.07) is 30.2. The average molecular weight is 674 g/mol. The van der Waals surface area contributed by atoms with Gasteiger partial charge in [-0.05, 0) is 66.4 Å². The van der Waals surface area contributed by atoms with Crippen LogP contribution in [0.25, 0.3) is 0 Å². The molecule has 5 rings (SSSR count). The third-order valence-corrected chi connectivity index (χ3v) is 10.6. The van der Waals surface area contributed by atoms with Crippen LogP contribution < -0.4 is 14.4 Å². The quantitative estimate of drug-likeness (QED) is 0.172. The van der Waals surface area contributed by atoms with Crippen molar-refractivity contribution in [3.05, 3.63) is 125 Å². The van der Waals surface area contributed by atoms with E-state index in [1.165, 1.54) is 24.1 Å². The summed E-state index contributed by atoms with van der Waals surface area (Å²) in [4.78, 5) is 30.4. The molecule has 0 aromatic heterocycles.